The minimum atomic E-state index is -3.39. The molecule has 2 aromatic heterocycles. The maximum Gasteiger partial charge on any atom is 0.222 e. The molecular formula is C16H22N4O4S. The highest BCUT2D eigenvalue weighted by Gasteiger charge is 2.35. The summed E-state index contributed by atoms with van der Waals surface area (Å²) >= 11 is 0. The van der Waals surface area contributed by atoms with Crippen molar-refractivity contribution < 1.29 is 17.6 Å². The van der Waals surface area contributed by atoms with Crippen LogP contribution in [0.2, 0.25) is 0 Å². The lowest BCUT2D eigenvalue weighted by molar-refractivity contribution is -0.122. The SMILES string of the molecule is CC(C)S(=O)(=O)N1Cc2ccnn2[C@@H](CC(=O)NCc2ccco2)C1. The second-order valence-corrected chi connectivity index (χ2v) is 8.86. The molecule has 9 heteroatoms. The largest absolute Gasteiger partial charge is 0.467 e. The molecule has 1 aliphatic heterocycles. The zero-order valence-electron chi connectivity index (χ0n) is 14.3. The van der Waals surface area contributed by atoms with Gasteiger partial charge in [0.25, 0.3) is 0 Å². The molecule has 136 valence electrons. The van der Waals surface area contributed by atoms with E-state index in [2.05, 4.69) is 10.4 Å². The molecule has 1 aliphatic rings. The van der Waals surface area contributed by atoms with Crippen LogP contribution in [-0.4, -0.2) is 40.2 Å². The molecule has 3 heterocycles. The minimum absolute atomic E-state index is 0.152. The molecule has 8 nitrogen and oxygen atoms in total. The van der Waals surface area contributed by atoms with Crippen LogP contribution in [0.1, 0.15) is 37.8 Å². The number of rotatable bonds is 6. The molecule has 25 heavy (non-hydrogen) atoms. The molecule has 1 amide bonds. The van der Waals surface area contributed by atoms with E-state index in [9.17, 15) is 13.2 Å². The number of aromatic nitrogens is 2. The first-order valence-electron chi connectivity index (χ1n) is 8.18. The lowest BCUT2D eigenvalue weighted by Gasteiger charge is -2.33. The second-order valence-electron chi connectivity index (χ2n) is 6.37. The Balaban J connectivity index is 1.70. The van der Waals surface area contributed by atoms with Gasteiger partial charge >= 0.3 is 0 Å². The fraction of sp³-hybridized carbons (Fsp3) is 0.500. The molecule has 0 bridgehead atoms. The summed E-state index contributed by atoms with van der Waals surface area (Å²) in [5.74, 6) is 0.493. The number of nitrogens with zero attached hydrogens (tertiary/aromatic N) is 3. The van der Waals surface area contributed by atoms with Gasteiger partial charge in [-0.05, 0) is 32.0 Å². The van der Waals surface area contributed by atoms with Gasteiger partial charge in [-0.25, -0.2) is 8.42 Å². The van der Waals surface area contributed by atoms with Crippen LogP contribution in [0.3, 0.4) is 0 Å². The summed E-state index contributed by atoms with van der Waals surface area (Å²) in [5.41, 5.74) is 0.791. The fourth-order valence-electron chi connectivity index (χ4n) is 2.88. The third kappa shape index (κ3) is 3.77. The summed E-state index contributed by atoms with van der Waals surface area (Å²) in [4.78, 5) is 12.3. The Hall–Kier alpha value is -2.13. The van der Waals surface area contributed by atoms with Gasteiger partial charge in [-0.15, -0.1) is 0 Å². The van der Waals surface area contributed by atoms with Crippen molar-refractivity contribution in [1.29, 1.82) is 0 Å². The number of nitrogens with one attached hydrogen (secondary N) is 1. The van der Waals surface area contributed by atoms with Crippen molar-refractivity contribution >= 4 is 15.9 Å². The summed E-state index contributed by atoms with van der Waals surface area (Å²) in [6.07, 6.45) is 3.33. The van der Waals surface area contributed by atoms with Gasteiger partial charge in [-0.1, -0.05) is 0 Å². The first-order chi connectivity index (χ1) is 11.9. The van der Waals surface area contributed by atoms with Gasteiger partial charge in [-0.3, -0.25) is 9.48 Å². The van der Waals surface area contributed by atoms with E-state index in [4.69, 9.17) is 4.42 Å². The molecule has 2 aromatic rings. The fourth-order valence-corrected chi connectivity index (χ4v) is 4.17. The van der Waals surface area contributed by atoms with Crippen LogP contribution < -0.4 is 5.32 Å². The van der Waals surface area contributed by atoms with Gasteiger partial charge in [0, 0.05) is 12.7 Å². The van der Waals surface area contributed by atoms with E-state index in [0.717, 1.165) is 5.69 Å². The summed E-state index contributed by atoms with van der Waals surface area (Å²) in [6, 6.07) is 5.00. The molecule has 1 atom stereocenters. The Labute approximate surface area is 146 Å². The van der Waals surface area contributed by atoms with Crippen LogP contribution in [0.4, 0.5) is 0 Å². The van der Waals surface area contributed by atoms with E-state index in [1.807, 2.05) is 0 Å². The smallest absolute Gasteiger partial charge is 0.222 e. The number of carbonyl (C=O) groups is 1. The summed E-state index contributed by atoms with van der Waals surface area (Å²) < 4.78 is 33.4. The monoisotopic (exact) mass is 366 g/mol. The number of sulfonamides is 1. The van der Waals surface area contributed by atoms with E-state index in [-0.39, 0.29) is 31.5 Å². The van der Waals surface area contributed by atoms with E-state index >= 15 is 0 Å². The second kappa shape index (κ2) is 7.01. The zero-order chi connectivity index (χ0) is 18.0. The normalized spacial score (nSPS) is 18.3. The summed E-state index contributed by atoms with van der Waals surface area (Å²) in [6.45, 7) is 4.14. The van der Waals surface area contributed by atoms with E-state index in [0.29, 0.717) is 12.3 Å². The highest BCUT2D eigenvalue weighted by atomic mass is 32.2. The van der Waals surface area contributed by atoms with Gasteiger partial charge in [0.2, 0.25) is 15.9 Å². The minimum Gasteiger partial charge on any atom is -0.467 e. The van der Waals surface area contributed by atoms with Crippen molar-refractivity contribution in [2.24, 2.45) is 0 Å². The third-order valence-corrected chi connectivity index (χ3v) is 6.46. The Morgan fingerprint density at radius 3 is 2.92 bits per heavy atom. The predicted octanol–water partition coefficient (Wildman–Crippen LogP) is 1.28. The number of amides is 1. The Morgan fingerprint density at radius 2 is 2.24 bits per heavy atom. The lowest BCUT2D eigenvalue weighted by Crippen LogP contribution is -2.45. The topological polar surface area (TPSA) is 97.4 Å². The Bertz CT molecular complexity index is 826. The first-order valence-corrected chi connectivity index (χ1v) is 9.68. The van der Waals surface area contributed by atoms with Crippen LogP contribution in [-0.2, 0) is 27.9 Å². The number of carbonyl (C=O) groups excluding carboxylic acids is 1. The van der Waals surface area contributed by atoms with Crippen molar-refractivity contribution in [2.45, 2.75) is 44.6 Å². The molecule has 0 unspecified atom stereocenters. The number of hydrogen-bond donors (Lipinski definition) is 1. The third-order valence-electron chi connectivity index (χ3n) is 4.27. The molecular weight excluding hydrogens is 344 g/mol. The highest BCUT2D eigenvalue weighted by molar-refractivity contribution is 7.89. The van der Waals surface area contributed by atoms with Gasteiger partial charge in [-0.2, -0.15) is 9.40 Å². The van der Waals surface area contributed by atoms with Crippen molar-refractivity contribution in [3.8, 4) is 0 Å². The molecule has 0 aliphatic carbocycles. The number of furan rings is 1. The number of fused-ring (bicyclic) bond motifs is 1. The molecule has 0 saturated heterocycles. The average Bonchev–Trinajstić information content (AvgIpc) is 3.24. The van der Waals surface area contributed by atoms with E-state index < -0.39 is 15.3 Å². The standard InChI is InChI=1S/C16H22N4O4S/c1-12(2)25(22,23)19-10-13-5-6-18-20(13)14(11-19)8-16(21)17-9-15-4-3-7-24-15/h3-7,12,14H,8-11H2,1-2H3,(H,17,21)/t14-/m0/s1. The molecule has 0 radical (unpaired) electrons. The maximum absolute atomic E-state index is 12.5. The van der Waals surface area contributed by atoms with Crippen molar-refractivity contribution in [3.05, 3.63) is 42.1 Å². The van der Waals surface area contributed by atoms with E-state index in [1.165, 1.54) is 4.31 Å². The van der Waals surface area contributed by atoms with Gasteiger partial charge in [0.15, 0.2) is 0 Å². The van der Waals surface area contributed by atoms with Crippen LogP contribution in [0.15, 0.2) is 35.1 Å². The Kier molecular flexibility index (Phi) is 4.96. The van der Waals surface area contributed by atoms with Gasteiger partial charge < -0.3 is 9.73 Å². The molecule has 0 aromatic carbocycles. The number of hydrogen-bond acceptors (Lipinski definition) is 5. The average molecular weight is 366 g/mol. The molecule has 0 saturated carbocycles. The highest BCUT2D eigenvalue weighted by Crippen LogP contribution is 2.26. The van der Waals surface area contributed by atoms with Crippen LogP contribution >= 0.6 is 0 Å². The zero-order valence-corrected chi connectivity index (χ0v) is 15.1. The summed E-state index contributed by atoms with van der Waals surface area (Å²) in [7, 11) is -3.39. The van der Waals surface area contributed by atoms with E-state index in [1.54, 1.807) is 49.2 Å². The quantitative estimate of drug-likeness (QED) is 0.830. The van der Waals surface area contributed by atoms with Gasteiger partial charge in [0.05, 0.1) is 42.8 Å². The Morgan fingerprint density at radius 1 is 1.44 bits per heavy atom. The van der Waals surface area contributed by atoms with Crippen molar-refractivity contribution in [2.75, 3.05) is 6.54 Å². The first kappa shape index (κ1) is 17.7. The maximum atomic E-state index is 12.5. The summed E-state index contributed by atoms with van der Waals surface area (Å²) in [5, 5.41) is 6.54. The molecule has 0 spiro atoms. The van der Waals surface area contributed by atoms with Crippen molar-refractivity contribution in [1.82, 2.24) is 19.4 Å². The predicted molar refractivity (Wildman–Crippen MR) is 90.9 cm³/mol. The van der Waals surface area contributed by atoms with Crippen LogP contribution in [0.5, 0.6) is 0 Å². The lowest BCUT2D eigenvalue weighted by atomic mass is 10.1. The van der Waals surface area contributed by atoms with Gasteiger partial charge in [0.1, 0.15) is 5.76 Å². The van der Waals surface area contributed by atoms with Crippen LogP contribution in [0, 0.1) is 0 Å². The van der Waals surface area contributed by atoms with Crippen molar-refractivity contribution in [3.63, 3.8) is 0 Å². The van der Waals surface area contributed by atoms with Crippen LogP contribution in [0.25, 0.3) is 0 Å². The molecule has 0 fully saturated rings. The molecule has 1 N–H and O–H groups in total. The molecule has 3 rings (SSSR count).